The van der Waals surface area contributed by atoms with Crippen molar-refractivity contribution in [3.63, 3.8) is 0 Å². The Morgan fingerprint density at radius 2 is 1.61 bits per heavy atom. The minimum atomic E-state index is -0.183. The monoisotopic (exact) mass is 374 g/mol. The zero-order valence-electron chi connectivity index (χ0n) is 18.1. The maximum absolute atomic E-state index is 6.23. The molecule has 1 heteroatoms. The van der Waals surface area contributed by atoms with E-state index in [1.54, 1.807) is 0 Å². The lowest BCUT2D eigenvalue weighted by Gasteiger charge is -2.42. The summed E-state index contributed by atoms with van der Waals surface area (Å²) in [4.78, 5) is 0. The Morgan fingerprint density at radius 1 is 0.929 bits per heavy atom. The third kappa shape index (κ3) is 4.68. The zero-order valence-corrected chi connectivity index (χ0v) is 18.1. The van der Waals surface area contributed by atoms with Crippen LogP contribution in [0.2, 0.25) is 0 Å². The van der Waals surface area contributed by atoms with Crippen molar-refractivity contribution in [1.29, 1.82) is 0 Å². The van der Waals surface area contributed by atoms with Crippen molar-refractivity contribution in [2.24, 2.45) is 0 Å². The van der Waals surface area contributed by atoms with Crippen LogP contribution < -0.4 is 0 Å². The van der Waals surface area contributed by atoms with E-state index in [0.29, 0.717) is 0 Å². The van der Waals surface area contributed by atoms with Gasteiger partial charge in [0.2, 0.25) is 0 Å². The standard InChI is InChI=1S/C27H34O/c1-6-7-19-28-25(16-13-21-11-9-8-10-12-21)22-14-15-23-24(20-22)27(4,5)18-17-26(23,2)3/h8-12,14-15,20,25H,6-7,17-19H2,1-5H3. The second-order valence-corrected chi connectivity index (χ2v) is 9.31. The molecule has 1 nitrogen and oxygen atoms in total. The third-order valence-electron chi connectivity index (χ3n) is 6.08. The largest absolute Gasteiger partial charge is 0.361 e. The Bertz CT molecular complexity index is 849. The minimum absolute atomic E-state index is 0.183. The van der Waals surface area contributed by atoms with Crippen molar-refractivity contribution < 1.29 is 4.74 Å². The van der Waals surface area contributed by atoms with Gasteiger partial charge < -0.3 is 4.74 Å². The van der Waals surface area contributed by atoms with E-state index < -0.39 is 0 Å². The summed E-state index contributed by atoms with van der Waals surface area (Å²) >= 11 is 0. The molecular weight excluding hydrogens is 340 g/mol. The van der Waals surface area contributed by atoms with Gasteiger partial charge in [-0.15, -0.1) is 0 Å². The van der Waals surface area contributed by atoms with E-state index in [1.165, 1.54) is 29.5 Å². The number of ether oxygens (including phenoxy) is 1. The van der Waals surface area contributed by atoms with Crippen LogP contribution in [-0.2, 0) is 15.6 Å². The molecule has 3 rings (SSSR count). The van der Waals surface area contributed by atoms with E-state index in [2.05, 4.69) is 76.8 Å². The molecule has 2 aromatic rings. The molecule has 0 saturated carbocycles. The molecule has 2 aromatic carbocycles. The number of hydrogen-bond donors (Lipinski definition) is 0. The first-order valence-electron chi connectivity index (χ1n) is 10.7. The smallest absolute Gasteiger partial charge is 0.143 e. The quantitative estimate of drug-likeness (QED) is 0.406. The molecule has 0 saturated heterocycles. The molecule has 1 aliphatic carbocycles. The van der Waals surface area contributed by atoms with Gasteiger partial charge in [-0.05, 0) is 58.9 Å². The highest BCUT2D eigenvalue weighted by Gasteiger charge is 2.37. The molecule has 0 radical (unpaired) electrons. The van der Waals surface area contributed by atoms with Crippen molar-refractivity contribution in [3.05, 3.63) is 70.8 Å². The first-order chi connectivity index (χ1) is 13.3. The summed E-state index contributed by atoms with van der Waals surface area (Å²) < 4.78 is 6.23. The van der Waals surface area contributed by atoms with Gasteiger partial charge in [0.25, 0.3) is 0 Å². The van der Waals surface area contributed by atoms with E-state index in [9.17, 15) is 0 Å². The van der Waals surface area contributed by atoms with Crippen LogP contribution in [0.25, 0.3) is 0 Å². The number of unbranched alkanes of at least 4 members (excludes halogenated alkanes) is 1. The molecule has 0 amide bonds. The molecule has 0 aliphatic heterocycles. The molecule has 1 unspecified atom stereocenters. The molecule has 1 aliphatic rings. The Morgan fingerprint density at radius 3 is 2.29 bits per heavy atom. The Kier molecular flexibility index (Phi) is 6.31. The second-order valence-electron chi connectivity index (χ2n) is 9.31. The van der Waals surface area contributed by atoms with Crippen molar-refractivity contribution >= 4 is 0 Å². The Labute approximate surface area is 171 Å². The molecule has 0 fully saturated rings. The van der Waals surface area contributed by atoms with Crippen molar-refractivity contribution in [2.75, 3.05) is 6.61 Å². The molecule has 0 N–H and O–H groups in total. The Hall–Kier alpha value is -2.04. The lowest BCUT2D eigenvalue weighted by Crippen LogP contribution is -2.34. The fraction of sp³-hybridized carbons (Fsp3) is 0.481. The van der Waals surface area contributed by atoms with Gasteiger partial charge in [0.05, 0.1) is 0 Å². The highest BCUT2D eigenvalue weighted by molar-refractivity contribution is 5.46. The normalized spacial score (nSPS) is 17.9. The van der Waals surface area contributed by atoms with E-state index in [-0.39, 0.29) is 16.9 Å². The van der Waals surface area contributed by atoms with E-state index in [0.717, 1.165) is 25.0 Å². The maximum Gasteiger partial charge on any atom is 0.143 e. The van der Waals surface area contributed by atoms with Crippen molar-refractivity contribution in [2.45, 2.75) is 77.2 Å². The van der Waals surface area contributed by atoms with Crippen LogP contribution in [-0.4, -0.2) is 6.61 Å². The summed E-state index contributed by atoms with van der Waals surface area (Å²) in [5.74, 6) is 6.71. The molecule has 0 aromatic heterocycles. The molecule has 0 heterocycles. The lowest BCUT2D eigenvalue weighted by molar-refractivity contribution is 0.0890. The van der Waals surface area contributed by atoms with Gasteiger partial charge in [0.15, 0.2) is 0 Å². The molecule has 0 spiro atoms. The molecule has 28 heavy (non-hydrogen) atoms. The number of hydrogen-bond acceptors (Lipinski definition) is 1. The summed E-state index contributed by atoms with van der Waals surface area (Å²) in [7, 11) is 0. The molecule has 0 bridgehead atoms. The summed E-state index contributed by atoms with van der Waals surface area (Å²) in [6.07, 6.45) is 4.46. The summed E-state index contributed by atoms with van der Waals surface area (Å²) in [6.45, 7) is 12.4. The number of benzene rings is 2. The maximum atomic E-state index is 6.23. The van der Waals surface area contributed by atoms with Gasteiger partial charge in [0.1, 0.15) is 6.10 Å². The fourth-order valence-electron chi connectivity index (χ4n) is 4.01. The van der Waals surface area contributed by atoms with Crippen LogP contribution in [0, 0.1) is 11.8 Å². The predicted octanol–water partition coefficient (Wildman–Crippen LogP) is 6.95. The average molecular weight is 375 g/mol. The summed E-state index contributed by atoms with van der Waals surface area (Å²) in [5, 5.41) is 0. The van der Waals surface area contributed by atoms with Gasteiger partial charge in [-0.1, -0.05) is 89.3 Å². The van der Waals surface area contributed by atoms with Gasteiger partial charge in [-0.3, -0.25) is 0 Å². The zero-order chi connectivity index (χ0) is 20.2. The molecular formula is C27H34O. The lowest BCUT2D eigenvalue weighted by atomic mass is 9.63. The van der Waals surface area contributed by atoms with E-state index in [4.69, 9.17) is 4.74 Å². The van der Waals surface area contributed by atoms with Gasteiger partial charge >= 0.3 is 0 Å². The van der Waals surface area contributed by atoms with Gasteiger partial charge in [-0.25, -0.2) is 0 Å². The van der Waals surface area contributed by atoms with Crippen LogP contribution in [0.4, 0.5) is 0 Å². The Balaban J connectivity index is 1.97. The van der Waals surface area contributed by atoms with Crippen LogP contribution in [0.1, 0.15) is 88.7 Å². The van der Waals surface area contributed by atoms with Crippen molar-refractivity contribution in [1.82, 2.24) is 0 Å². The van der Waals surface area contributed by atoms with E-state index >= 15 is 0 Å². The highest BCUT2D eigenvalue weighted by atomic mass is 16.5. The average Bonchev–Trinajstić information content (AvgIpc) is 2.69. The first-order valence-corrected chi connectivity index (χ1v) is 10.7. The number of fused-ring (bicyclic) bond motifs is 1. The fourth-order valence-corrected chi connectivity index (χ4v) is 4.01. The van der Waals surface area contributed by atoms with Crippen molar-refractivity contribution in [3.8, 4) is 11.8 Å². The topological polar surface area (TPSA) is 9.23 Å². The first kappa shape index (κ1) is 20.7. The van der Waals surface area contributed by atoms with Crippen LogP contribution in [0.15, 0.2) is 48.5 Å². The third-order valence-corrected chi connectivity index (χ3v) is 6.08. The molecule has 1 atom stereocenters. The molecule has 148 valence electrons. The van der Waals surface area contributed by atoms with E-state index in [1.807, 2.05) is 18.2 Å². The van der Waals surface area contributed by atoms with Crippen LogP contribution in [0.3, 0.4) is 0 Å². The highest BCUT2D eigenvalue weighted by Crippen LogP contribution is 2.46. The number of rotatable bonds is 5. The minimum Gasteiger partial charge on any atom is -0.361 e. The summed E-state index contributed by atoms with van der Waals surface area (Å²) in [5.41, 5.74) is 5.59. The van der Waals surface area contributed by atoms with Gasteiger partial charge in [-0.2, -0.15) is 0 Å². The van der Waals surface area contributed by atoms with Crippen LogP contribution >= 0.6 is 0 Å². The van der Waals surface area contributed by atoms with Gasteiger partial charge in [0, 0.05) is 12.2 Å². The van der Waals surface area contributed by atoms with Crippen LogP contribution in [0.5, 0.6) is 0 Å². The second kappa shape index (κ2) is 8.54. The SMILES string of the molecule is CCCCOC(C#Cc1ccccc1)c1ccc2c(c1)C(C)(C)CCC2(C)C. The predicted molar refractivity (Wildman–Crippen MR) is 119 cm³/mol. The summed E-state index contributed by atoms with van der Waals surface area (Å²) in [6, 6.07) is 17.1.